The summed E-state index contributed by atoms with van der Waals surface area (Å²) in [6, 6.07) is 10.6. The molecule has 3 aromatic rings. The van der Waals surface area contributed by atoms with Crippen LogP contribution in [0.3, 0.4) is 0 Å². The average molecular weight is 458 g/mol. The second-order valence-electron chi connectivity index (χ2n) is 4.98. The molecule has 130 valence electrons. The van der Waals surface area contributed by atoms with Gasteiger partial charge in [0.1, 0.15) is 5.75 Å². The van der Waals surface area contributed by atoms with Gasteiger partial charge in [-0.3, -0.25) is 0 Å². The van der Waals surface area contributed by atoms with Gasteiger partial charge in [0.2, 0.25) is 7.59 Å². The van der Waals surface area contributed by atoms with Crippen LogP contribution >= 0.6 is 69.6 Å². The van der Waals surface area contributed by atoms with E-state index in [0.29, 0.717) is 10.9 Å². The monoisotopic (exact) mass is 455 g/mol. The number of aromatic nitrogens is 3. The number of rotatable bonds is 1. The minimum absolute atomic E-state index is 0.0203. The molecule has 10 heteroatoms. The first-order chi connectivity index (χ1) is 11.6. The number of benzene rings is 2. The Morgan fingerprint density at radius 3 is 1.84 bits per heavy atom. The Balaban J connectivity index is 2.36. The lowest BCUT2D eigenvalue weighted by Gasteiger charge is -2.16. The van der Waals surface area contributed by atoms with Crippen molar-refractivity contribution in [3.05, 3.63) is 48.0 Å². The molecule has 4 nitrogen and oxygen atoms in total. The van der Waals surface area contributed by atoms with Gasteiger partial charge in [-0.1, -0.05) is 99.9 Å². The molecular formula is C15H7Cl6N3O. The number of fused-ring (bicyclic) bond motifs is 1. The molecule has 0 spiro atoms. The zero-order chi connectivity index (χ0) is 18.4. The van der Waals surface area contributed by atoms with Gasteiger partial charge in [0, 0.05) is 0 Å². The van der Waals surface area contributed by atoms with E-state index in [1.54, 1.807) is 18.2 Å². The molecule has 0 radical (unpaired) electrons. The van der Waals surface area contributed by atoms with Gasteiger partial charge in [-0.15, -0.1) is 0 Å². The Bertz CT molecular complexity index is 920. The zero-order valence-electron chi connectivity index (χ0n) is 12.0. The molecule has 0 saturated heterocycles. The smallest absolute Gasteiger partial charge is 0.250 e. The Morgan fingerprint density at radius 1 is 0.720 bits per heavy atom. The molecule has 0 aliphatic heterocycles. The predicted molar refractivity (Wildman–Crippen MR) is 103 cm³/mol. The molecule has 0 amide bonds. The third kappa shape index (κ3) is 4.00. The fourth-order valence-corrected chi connectivity index (χ4v) is 2.74. The van der Waals surface area contributed by atoms with Crippen molar-refractivity contribution in [2.75, 3.05) is 0 Å². The molecule has 3 rings (SSSR count). The quantitative estimate of drug-likeness (QED) is 0.452. The second kappa shape index (κ2) is 6.76. The van der Waals surface area contributed by atoms with Crippen LogP contribution < -0.4 is 0 Å². The SMILES string of the molecule is Oc1ccc2ccccc2c1-c1nc(C(Cl)(Cl)Cl)nc(C(Cl)(Cl)Cl)n1. The average Bonchev–Trinajstić information content (AvgIpc) is 2.52. The summed E-state index contributed by atoms with van der Waals surface area (Å²) in [7, 11) is 0. The minimum Gasteiger partial charge on any atom is -0.507 e. The first-order valence-corrected chi connectivity index (χ1v) is 8.95. The summed E-state index contributed by atoms with van der Waals surface area (Å²) in [6.07, 6.45) is 0. The van der Waals surface area contributed by atoms with Crippen LogP contribution in [0.1, 0.15) is 11.6 Å². The van der Waals surface area contributed by atoms with Gasteiger partial charge < -0.3 is 5.11 Å². The number of aromatic hydroxyl groups is 1. The summed E-state index contributed by atoms with van der Waals surface area (Å²) in [5, 5.41) is 11.9. The van der Waals surface area contributed by atoms with E-state index in [2.05, 4.69) is 15.0 Å². The van der Waals surface area contributed by atoms with E-state index in [9.17, 15) is 5.11 Å². The molecule has 0 aliphatic rings. The number of nitrogens with zero attached hydrogens (tertiary/aromatic N) is 3. The zero-order valence-corrected chi connectivity index (χ0v) is 16.6. The van der Waals surface area contributed by atoms with Crippen molar-refractivity contribution in [3.8, 4) is 17.1 Å². The normalized spacial score (nSPS) is 12.6. The van der Waals surface area contributed by atoms with Gasteiger partial charge in [0.05, 0.1) is 5.56 Å². The molecule has 1 aromatic heterocycles. The number of hydrogen-bond acceptors (Lipinski definition) is 4. The Labute approximate surface area is 172 Å². The summed E-state index contributed by atoms with van der Waals surface area (Å²) < 4.78 is -3.94. The highest BCUT2D eigenvalue weighted by atomic mass is 35.6. The third-order valence-corrected chi connectivity index (χ3v) is 4.29. The minimum atomic E-state index is -1.97. The maximum Gasteiger partial charge on any atom is 0.250 e. The lowest BCUT2D eigenvalue weighted by Crippen LogP contribution is -2.16. The van der Waals surface area contributed by atoms with E-state index in [1.807, 2.05) is 12.1 Å². The Kier molecular flexibility index (Phi) is 5.15. The van der Waals surface area contributed by atoms with Gasteiger partial charge >= 0.3 is 0 Å². The number of alkyl halides is 6. The summed E-state index contributed by atoms with van der Waals surface area (Å²) >= 11 is 35.3. The van der Waals surface area contributed by atoms with Gasteiger partial charge in [0.25, 0.3) is 0 Å². The van der Waals surface area contributed by atoms with Crippen molar-refractivity contribution in [2.24, 2.45) is 0 Å². The maximum absolute atomic E-state index is 10.4. The summed E-state index contributed by atoms with van der Waals surface area (Å²) in [4.78, 5) is 12.2. The van der Waals surface area contributed by atoms with E-state index in [1.165, 1.54) is 6.07 Å². The molecule has 1 heterocycles. The highest BCUT2D eigenvalue weighted by Crippen LogP contribution is 2.42. The topological polar surface area (TPSA) is 58.9 Å². The molecule has 0 saturated carbocycles. The van der Waals surface area contributed by atoms with E-state index < -0.39 is 7.59 Å². The van der Waals surface area contributed by atoms with Crippen molar-refractivity contribution >= 4 is 80.4 Å². The third-order valence-electron chi connectivity index (χ3n) is 3.27. The Morgan fingerprint density at radius 2 is 1.28 bits per heavy atom. The fraction of sp³-hybridized carbons (Fsp3) is 0.133. The summed E-state index contributed by atoms with van der Waals surface area (Å²) in [5.41, 5.74) is 0.312. The van der Waals surface area contributed by atoms with Gasteiger partial charge in [-0.25, -0.2) is 15.0 Å². The maximum atomic E-state index is 10.4. The molecule has 0 bridgehead atoms. The first kappa shape index (κ1) is 19.0. The van der Waals surface area contributed by atoms with E-state index >= 15 is 0 Å². The van der Waals surface area contributed by atoms with Crippen LogP contribution in [0.25, 0.3) is 22.2 Å². The van der Waals surface area contributed by atoms with Crippen molar-refractivity contribution in [2.45, 2.75) is 7.59 Å². The van der Waals surface area contributed by atoms with Gasteiger partial charge in [-0.2, -0.15) is 0 Å². The Hall–Kier alpha value is -0.750. The van der Waals surface area contributed by atoms with Gasteiger partial charge in [-0.05, 0) is 16.8 Å². The van der Waals surface area contributed by atoms with Crippen molar-refractivity contribution in [3.63, 3.8) is 0 Å². The highest BCUT2D eigenvalue weighted by molar-refractivity contribution is 6.67. The molecule has 0 unspecified atom stereocenters. The molecule has 2 aromatic carbocycles. The molecule has 25 heavy (non-hydrogen) atoms. The number of phenols is 1. The van der Waals surface area contributed by atoms with Crippen LogP contribution in [-0.2, 0) is 7.59 Å². The van der Waals surface area contributed by atoms with E-state index in [4.69, 9.17) is 69.6 Å². The van der Waals surface area contributed by atoms with Crippen LogP contribution in [0.5, 0.6) is 5.75 Å². The second-order valence-corrected chi connectivity index (χ2v) is 9.55. The van der Waals surface area contributed by atoms with Crippen LogP contribution in [-0.4, -0.2) is 20.1 Å². The van der Waals surface area contributed by atoms with Crippen LogP contribution in [0.15, 0.2) is 36.4 Å². The van der Waals surface area contributed by atoms with E-state index in [-0.39, 0.29) is 23.2 Å². The lowest BCUT2D eigenvalue weighted by atomic mass is 10.0. The largest absolute Gasteiger partial charge is 0.507 e. The van der Waals surface area contributed by atoms with Crippen LogP contribution in [0, 0.1) is 0 Å². The van der Waals surface area contributed by atoms with Crippen LogP contribution in [0.4, 0.5) is 0 Å². The summed E-state index contributed by atoms with van der Waals surface area (Å²) in [6.45, 7) is 0. The first-order valence-electron chi connectivity index (χ1n) is 6.69. The van der Waals surface area contributed by atoms with Crippen molar-refractivity contribution in [1.29, 1.82) is 0 Å². The van der Waals surface area contributed by atoms with Crippen molar-refractivity contribution in [1.82, 2.24) is 15.0 Å². The number of phenolic OH excluding ortho intramolecular Hbond substituents is 1. The van der Waals surface area contributed by atoms with E-state index in [0.717, 1.165) is 5.39 Å². The molecule has 0 aliphatic carbocycles. The predicted octanol–water partition coefficient (Wildman–Crippen LogP) is 6.05. The van der Waals surface area contributed by atoms with Gasteiger partial charge in [0.15, 0.2) is 17.5 Å². The highest BCUT2D eigenvalue weighted by Gasteiger charge is 2.34. The lowest BCUT2D eigenvalue weighted by molar-refractivity contribution is 0.477. The molecule has 1 N–H and O–H groups in total. The standard InChI is InChI=1S/C15H7Cl6N3O/c16-14(17,18)12-22-11(23-13(24-12)15(19,20)21)10-8-4-2-1-3-7(8)5-6-9(10)25/h1-6,25H. The number of hydrogen-bond donors (Lipinski definition) is 1. The fourth-order valence-electron chi connectivity index (χ4n) is 2.24. The summed E-state index contributed by atoms with van der Waals surface area (Å²) in [5.74, 6) is -0.505. The number of halogens is 6. The molecular weight excluding hydrogens is 451 g/mol. The van der Waals surface area contributed by atoms with Crippen molar-refractivity contribution < 1.29 is 5.11 Å². The van der Waals surface area contributed by atoms with Crippen LogP contribution in [0.2, 0.25) is 0 Å². The molecule has 0 fully saturated rings. The molecule has 0 atom stereocenters.